The monoisotopic (exact) mass is 460 g/mol. The molecule has 0 amide bonds. The number of nitrogens with zero attached hydrogens (tertiary/aromatic N) is 6. The van der Waals surface area contributed by atoms with Gasteiger partial charge >= 0.3 is 6.18 Å². The molecule has 0 spiro atoms. The van der Waals surface area contributed by atoms with Crippen LogP contribution in [0.2, 0.25) is 0 Å². The van der Waals surface area contributed by atoms with Crippen LogP contribution in [0.25, 0.3) is 39.2 Å². The summed E-state index contributed by atoms with van der Waals surface area (Å²) in [7, 11) is -2.14. The van der Waals surface area contributed by atoms with E-state index in [-0.39, 0.29) is 39.0 Å². The minimum Gasteiger partial charge on any atom is -0.325 e. The predicted molar refractivity (Wildman–Crippen MR) is 111 cm³/mol. The summed E-state index contributed by atoms with van der Waals surface area (Å²) < 4.78 is 69.1. The van der Waals surface area contributed by atoms with Gasteiger partial charge in [0.25, 0.3) is 0 Å². The molecule has 0 bridgehead atoms. The molecular weight excluding hydrogens is 445 g/mol. The van der Waals surface area contributed by atoms with Crippen LogP contribution in [-0.2, 0) is 23.1 Å². The van der Waals surface area contributed by atoms with Crippen LogP contribution < -0.4 is 0 Å². The molecule has 0 fully saturated rings. The van der Waals surface area contributed by atoms with E-state index in [1.165, 1.54) is 46.6 Å². The van der Waals surface area contributed by atoms with Crippen molar-refractivity contribution in [3.8, 4) is 11.5 Å². The highest BCUT2D eigenvalue weighted by Gasteiger charge is 2.34. The quantitative estimate of drug-likeness (QED) is 0.408. The normalized spacial score (nSPS) is 12.9. The van der Waals surface area contributed by atoms with Crippen LogP contribution in [0.1, 0.15) is 12.5 Å². The van der Waals surface area contributed by atoms with E-state index in [9.17, 15) is 21.6 Å². The van der Waals surface area contributed by atoms with Crippen LogP contribution in [0.5, 0.6) is 0 Å². The highest BCUT2D eigenvalue weighted by molar-refractivity contribution is 7.91. The topological polar surface area (TPSA) is 95.0 Å². The minimum absolute atomic E-state index is 0.0735. The van der Waals surface area contributed by atoms with Crippen molar-refractivity contribution >= 4 is 37.6 Å². The molecule has 32 heavy (non-hydrogen) atoms. The molecule has 0 aliphatic heterocycles. The largest absolute Gasteiger partial charge is 0.418 e. The number of imidazole rings is 2. The van der Waals surface area contributed by atoms with E-state index >= 15 is 0 Å². The molecule has 0 N–H and O–H groups in total. The van der Waals surface area contributed by atoms with Gasteiger partial charge in [0.05, 0.1) is 28.5 Å². The molecular formula is C20H15F3N6O2S. The first-order valence-electron chi connectivity index (χ1n) is 9.51. The lowest BCUT2D eigenvalue weighted by atomic mass is 10.1. The van der Waals surface area contributed by atoms with Gasteiger partial charge in [-0.25, -0.2) is 23.4 Å². The van der Waals surface area contributed by atoms with E-state index < -0.39 is 21.6 Å². The Labute approximate surface area is 179 Å². The number of pyridine rings is 1. The van der Waals surface area contributed by atoms with Crippen molar-refractivity contribution in [1.82, 2.24) is 28.9 Å². The average molecular weight is 460 g/mol. The van der Waals surface area contributed by atoms with Gasteiger partial charge in [-0.05, 0) is 12.1 Å². The number of para-hydroxylation sites is 1. The van der Waals surface area contributed by atoms with Crippen molar-refractivity contribution in [2.24, 2.45) is 7.05 Å². The van der Waals surface area contributed by atoms with E-state index in [1.54, 1.807) is 13.1 Å². The zero-order chi connectivity index (χ0) is 22.8. The number of fused-ring (bicyclic) bond motifs is 4. The van der Waals surface area contributed by atoms with Crippen molar-refractivity contribution in [2.45, 2.75) is 18.1 Å². The van der Waals surface area contributed by atoms with E-state index in [4.69, 9.17) is 0 Å². The molecule has 8 nitrogen and oxygen atoms in total. The third-order valence-corrected chi connectivity index (χ3v) is 7.02. The molecule has 4 aromatic heterocycles. The Hall–Kier alpha value is -3.54. The number of halogens is 3. The second-order valence-electron chi connectivity index (χ2n) is 7.14. The zero-order valence-electron chi connectivity index (χ0n) is 16.8. The molecule has 164 valence electrons. The van der Waals surface area contributed by atoms with Gasteiger partial charge in [0.15, 0.2) is 20.7 Å². The Morgan fingerprint density at radius 1 is 1.09 bits per heavy atom. The summed E-state index contributed by atoms with van der Waals surface area (Å²) >= 11 is 0. The first-order valence-corrected chi connectivity index (χ1v) is 11.2. The number of aromatic nitrogens is 6. The highest BCUT2D eigenvalue weighted by atomic mass is 32.2. The summed E-state index contributed by atoms with van der Waals surface area (Å²) in [6.45, 7) is 1.51. The molecule has 0 aliphatic rings. The molecule has 1 aromatic carbocycles. The Kier molecular flexibility index (Phi) is 4.28. The highest BCUT2D eigenvalue weighted by Crippen LogP contribution is 2.37. The number of aryl methyl sites for hydroxylation is 1. The SMILES string of the molecule is CCS(=O)(=O)c1c(-c2nc3cnc4c(C(F)(F)F)cccc4c3n2C)nc2ncccn12. The Balaban J connectivity index is 1.88. The van der Waals surface area contributed by atoms with Crippen LogP contribution in [0.3, 0.4) is 0 Å². The molecule has 5 aromatic rings. The fourth-order valence-corrected chi connectivity index (χ4v) is 4.96. The third-order valence-electron chi connectivity index (χ3n) is 5.28. The number of rotatable bonds is 3. The van der Waals surface area contributed by atoms with Crippen LogP contribution in [0.4, 0.5) is 13.2 Å². The molecule has 12 heteroatoms. The molecule has 0 aliphatic carbocycles. The maximum atomic E-state index is 13.5. The van der Waals surface area contributed by atoms with Crippen molar-refractivity contribution < 1.29 is 21.6 Å². The summed E-state index contributed by atoms with van der Waals surface area (Å²) in [5.41, 5.74) is -0.282. The molecule has 5 rings (SSSR count). The first kappa shape index (κ1) is 20.4. The van der Waals surface area contributed by atoms with Gasteiger partial charge in [-0.1, -0.05) is 19.1 Å². The Bertz CT molecular complexity index is 1640. The number of sulfone groups is 1. The molecule has 4 heterocycles. The molecule has 0 saturated carbocycles. The maximum absolute atomic E-state index is 13.5. The zero-order valence-corrected chi connectivity index (χ0v) is 17.6. The van der Waals surface area contributed by atoms with Gasteiger partial charge in [-0.2, -0.15) is 13.2 Å². The lowest BCUT2D eigenvalue weighted by Crippen LogP contribution is -2.09. The number of hydrogen-bond acceptors (Lipinski definition) is 6. The molecule has 0 atom stereocenters. The number of hydrogen-bond donors (Lipinski definition) is 0. The molecule has 0 radical (unpaired) electrons. The van der Waals surface area contributed by atoms with Crippen molar-refractivity contribution in [2.75, 3.05) is 5.75 Å². The standard InChI is InChI=1S/C20H15F3N6O2S/c1-3-32(30,31)18-15(27-19-24-8-5-9-29(18)19)17-26-13-10-25-14-11(16(13)28(17)2)6-4-7-12(14)20(21,22)23/h4-10H,3H2,1-2H3. The van der Waals surface area contributed by atoms with Gasteiger partial charge < -0.3 is 4.57 Å². The van der Waals surface area contributed by atoms with E-state index in [1.807, 2.05) is 0 Å². The van der Waals surface area contributed by atoms with Crippen LogP contribution in [-0.4, -0.2) is 43.1 Å². The van der Waals surface area contributed by atoms with Crippen molar-refractivity contribution in [3.63, 3.8) is 0 Å². The van der Waals surface area contributed by atoms with Crippen molar-refractivity contribution in [3.05, 3.63) is 48.4 Å². The fourth-order valence-electron chi connectivity index (χ4n) is 3.81. The Morgan fingerprint density at radius 3 is 2.59 bits per heavy atom. The molecule has 0 unspecified atom stereocenters. The summed E-state index contributed by atoms with van der Waals surface area (Å²) in [6, 6.07) is 5.39. The second-order valence-corrected chi connectivity index (χ2v) is 9.34. The van der Waals surface area contributed by atoms with Crippen LogP contribution in [0.15, 0.2) is 47.9 Å². The average Bonchev–Trinajstić information content (AvgIpc) is 3.31. The lowest BCUT2D eigenvalue weighted by molar-refractivity contribution is -0.136. The summed E-state index contributed by atoms with van der Waals surface area (Å²) in [4.78, 5) is 17.0. The second kappa shape index (κ2) is 6.73. The van der Waals surface area contributed by atoms with Crippen LogP contribution >= 0.6 is 0 Å². The van der Waals surface area contributed by atoms with Gasteiger partial charge in [-0.15, -0.1) is 0 Å². The smallest absolute Gasteiger partial charge is 0.325 e. The van der Waals surface area contributed by atoms with Gasteiger partial charge in [-0.3, -0.25) is 9.38 Å². The fraction of sp³-hybridized carbons (Fsp3) is 0.200. The van der Waals surface area contributed by atoms with E-state index in [0.717, 1.165) is 6.07 Å². The molecule has 0 saturated heterocycles. The summed E-state index contributed by atoms with van der Waals surface area (Å²) in [5.74, 6) is 0.180. The number of alkyl halides is 3. The number of benzene rings is 1. The predicted octanol–water partition coefficient (Wildman–Crippen LogP) is 3.64. The summed E-state index contributed by atoms with van der Waals surface area (Å²) in [5, 5.41) is 0.176. The Morgan fingerprint density at radius 2 is 1.88 bits per heavy atom. The van der Waals surface area contributed by atoms with E-state index in [2.05, 4.69) is 19.9 Å². The van der Waals surface area contributed by atoms with Crippen LogP contribution in [0, 0.1) is 0 Å². The maximum Gasteiger partial charge on any atom is 0.418 e. The third kappa shape index (κ3) is 2.86. The summed E-state index contributed by atoms with van der Waals surface area (Å²) in [6.07, 6.45) is -0.300. The van der Waals surface area contributed by atoms with E-state index in [0.29, 0.717) is 11.0 Å². The van der Waals surface area contributed by atoms with Gasteiger partial charge in [0, 0.05) is 24.8 Å². The van der Waals surface area contributed by atoms with Crippen molar-refractivity contribution in [1.29, 1.82) is 0 Å². The minimum atomic E-state index is -4.57. The lowest BCUT2D eigenvalue weighted by Gasteiger charge is -2.10. The first-order chi connectivity index (χ1) is 15.1. The van der Waals surface area contributed by atoms with Gasteiger partial charge in [0.1, 0.15) is 11.2 Å². The van der Waals surface area contributed by atoms with Gasteiger partial charge in [0.2, 0.25) is 5.78 Å².